The van der Waals surface area contributed by atoms with Crippen molar-refractivity contribution in [2.45, 2.75) is 44.1 Å². The highest BCUT2D eigenvalue weighted by atomic mass is 16.5. The number of nitrogens with two attached hydrogens (primary N) is 1. The van der Waals surface area contributed by atoms with E-state index >= 15 is 0 Å². The third kappa shape index (κ3) is 2.26. The minimum Gasteiger partial charge on any atom is -0.373 e. The van der Waals surface area contributed by atoms with Gasteiger partial charge < -0.3 is 15.8 Å². The van der Waals surface area contributed by atoms with Crippen molar-refractivity contribution in [3.05, 3.63) is 35.4 Å². The number of carbonyl (C=O) groups excluding carboxylic acids is 1. The Hall–Kier alpha value is -1.39. The quantitative estimate of drug-likeness (QED) is 0.839. The number of fused-ring (bicyclic) bond motifs is 2. The molecule has 0 aromatic heterocycles. The average Bonchev–Trinajstić information content (AvgIpc) is 2.99. The molecule has 1 aromatic carbocycles. The first-order valence-corrected chi connectivity index (χ1v) is 6.50. The molecule has 2 heterocycles. The number of benzene rings is 1. The van der Waals surface area contributed by atoms with Gasteiger partial charge in [0.2, 0.25) is 5.91 Å². The maximum absolute atomic E-state index is 11.0. The third-order valence-corrected chi connectivity index (χ3v) is 3.91. The molecule has 2 aliphatic rings. The van der Waals surface area contributed by atoms with Gasteiger partial charge >= 0.3 is 0 Å². The highest BCUT2D eigenvalue weighted by Crippen LogP contribution is 2.34. The summed E-state index contributed by atoms with van der Waals surface area (Å²) in [6.45, 7) is 0.816. The molecule has 2 bridgehead atoms. The highest BCUT2D eigenvalue weighted by Gasteiger charge is 2.40. The van der Waals surface area contributed by atoms with Crippen LogP contribution in [-0.4, -0.2) is 24.2 Å². The lowest BCUT2D eigenvalue weighted by Gasteiger charge is -2.20. The van der Waals surface area contributed by atoms with E-state index in [4.69, 9.17) is 10.5 Å². The maximum atomic E-state index is 11.0. The average molecular weight is 246 g/mol. The molecule has 96 valence electrons. The number of amides is 1. The van der Waals surface area contributed by atoms with E-state index in [0.717, 1.165) is 13.0 Å². The number of carbonyl (C=O) groups is 1. The molecule has 2 fully saturated rings. The van der Waals surface area contributed by atoms with Gasteiger partial charge in [-0.05, 0) is 37.0 Å². The molecule has 0 aliphatic carbocycles. The summed E-state index contributed by atoms with van der Waals surface area (Å²) in [7, 11) is 0. The van der Waals surface area contributed by atoms with Gasteiger partial charge in [0.05, 0.1) is 12.2 Å². The van der Waals surface area contributed by atoms with E-state index < -0.39 is 0 Å². The smallest absolute Gasteiger partial charge is 0.248 e. The molecule has 1 aromatic rings. The van der Waals surface area contributed by atoms with Crippen LogP contribution in [-0.2, 0) is 11.3 Å². The Morgan fingerprint density at radius 3 is 2.67 bits per heavy atom. The van der Waals surface area contributed by atoms with Crippen LogP contribution in [0, 0.1) is 0 Å². The third-order valence-electron chi connectivity index (χ3n) is 3.91. The van der Waals surface area contributed by atoms with E-state index in [1.54, 1.807) is 12.1 Å². The van der Waals surface area contributed by atoms with Crippen LogP contribution in [0.2, 0.25) is 0 Å². The van der Waals surface area contributed by atoms with Gasteiger partial charge in [0.1, 0.15) is 0 Å². The second-order valence-corrected chi connectivity index (χ2v) is 5.16. The lowest BCUT2D eigenvalue weighted by Crippen LogP contribution is -2.36. The molecule has 2 aliphatic heterocycles. The molecule has 0 saturated carbocycles. The molecule has 4 nitrogen and oxygen atoms in total. The second-order valence-electron chi connectivity index (χ2n) is 5.16. The first kappa shape index (κ1) is 11.7. The first-order chi connectivity index (χ1) is 8.72. The zero-order chi connectivity index (χ0) is 12.5. The Labute approximate surface area is 107 Å². The van der Waals surface area contributed by atoms with Crippen molar-refractivity contribution in [3.63, 3.8) is 0 Å². The second kappa shape index (κ2) is 4.71. The van der Waals surface area contributed by atoms with Gasteiger partial charge in [-0.25, -0.2) is 0 Å². The fourth-order valence-corrected chi connectivity index (χ4v) is 2.89. The summed E-state index contributed by atoms with van der Waals surface area (Å²) < 4.78 is 5.80. The lowest BCUT2D eigenvalue weighted by molar-refractivity contribution is 0.0972. The molecule has 1 amide bonds. The molecular weight excluding hydrogens is 228 g/mol. The highest BCUT2D eigenvalue weighted by molar-refractivity contribution is 5.92. The number of primary amides is 1. The van der Waals surface area contributed by atoms with E-state index in [9.17, 15) is 4.79 Å². The predicted molar refractivity (Wildman–Crippen MR) is 68.1 cm³/mol. The zero-order valence-corrected chi connectivity index (χ0v) is 10.3. The number of rotatable bonds is 4. The molecule has 18 heavy (non-hydrogen) atoms. The van der Waals surface area contributed by atoms with Crippen LogP contribution in [0.5, 0.6) is 0 Å². The Morgan fingerprint density at radius 2 is 2.11 bits per heavy atom. The van der Waals surface area contributed by atoms with Crippen LogP contribution in [0.25, 0.3) is 0 Å². The van der Waals surface area contributed by atoms with Gasteiger partial charge in [0.15, 0.2) is 0 Å². The fourth-order valence-electron chi connectivity index (χ4n) is 2.89. The molecule has 3 N–H and O–H groups in total. The summed E-state index contributed by atoms with van der Waals surface area (Å²) in [5, 5.41) is 3.54. The summed E-state index contributed by atoms with van der Waals surface area (Å²) in [6.07, 6.45) is 4.41. The van der Waals surface area contributed by atoms with Crippen molar-refractivity contribution < 1.29 is 9.53 Å². The summed E-state index contributed by atoms with van der Waals surface area (Å²) >= 11 is 0. The van der Waals surface area contributed by atoms with E-state index in [2.05, 4.69) is 5.32 Å². The number of nitrogens with one attached hydrogen (secondary N) is 1. The molecule has 2 saturated heterocycles. The molecule has 0 spiro atoms. The van der Waals surface area contributed by atoms with Gasteiger partial charge in [-0.3, -0.25) is 4.79 Å². The zero-order valence-electron chi connectivity index (χ0n) is 10.3. The number of hydrogen-bond donors (Lipinski definition) is 2. The summed E-state index contributed by atoms with van der Waals surface area (Å²) in [5.41, 5.74) is 6.93. The SMILES string of the molecule is NC(=O)c1ccc(CNC2CC3CCC2O3)cc1. The largest absolute Gasteiger partial charge is 0.373 e. The maximum Gasteiger partial charge on any atom is 0.248 e. The summed E-state index contributed by atoms with van der Waals surface area (Å²) in [5.74, 6) is -0.379. The molecule has 4 heteroatoms. The van der Waals surface area contributed by atoms with E-state index in [0.29, 0.717) is 23.8 Å². The summed E-state index contributed by atoms with van der Waals surface area (Å²) in [6, 6.07) is 7.93. The monoisotopic (exact) mass is 246 g/mol. The van der Waals surface area contributed by atoms with Crippen molar-refractivity contribution >= 4 is 5.91 Å². The Balaban J connectivity index is 1.55. The normalized spacial score (nSPS) is 29.7. The van der Waals surface area contributed by atoms with Crippen molar-refractivity contribution in [3.8, 4) is 0 Å². The standard InChI is InChI=1S/C14H18N2O2/c15-14(17)10-3-1-9(2-4-10)8-16-12-7-11-5-6-13(12)18-11/h1-4,11-13,16H,5-8H2,(H2,15,17). The van der Waals surface area contributed by atoms with Crippen molar-refractivity contribution in [2.75, 3.05) is 0 Å². The van der Waals surface area contributed by atoms with Crippen LogP contribution < -0.4 is 11.1 Å². The number of hydrogen-bond acceptors (Lipinski definition) is 3. The Morgan fingerprint density at radius 1 is 1.33 bits per heavy atom. The van der Waals surface area contributed by atoms with E-state index in [1.165, 1.54) is 18.4 Å². The van der Waals surface area contributed by atoms with Gasteiger partial charge in [-0.2, -0.15) is 0 Å². The van der Waals surface area contributed by atoms with E-state index in [-0.39, 0.29) is 5.91 Å². The van der Waals surface area contributed by atoms with E-state index in [1.807, 2.05) is 12.1 Å². The van der Waals surface area contributed by atoms with Crippen LogP contribution >= 0.6 is 0 Å². The van der Waals surface area contributed by atoms with Crippen LogP contribution in [0.1, 0.15) is 35.2 Å². The van der Waals surface area contributed by atoms with Gasteiger partial charge in [-0.15, -0.1) is 0 Å². The predicted octanol–water partition coefficient (Wildman–Crippen LogP) is 1.19. The molecule has 3 rings (SSSR count). The molecule has 3 unspecified atom stereocenters. The summed E-state index contributed by atoms with van der Waals surface area (Å²) in [4.78, 5) is 11.0. The topological polar surface area (TPSA) is 64.4 Å². The van der Waals surface area contributed by atoms with Crippen molar-refractivity contribution in [1.82, 2.24) is 5.32 Å². The molecular formula is C14H18N2O2. The molecule has 0 radical (unpaired) electrons. The van der Waals surface area contributed by atoms with Crippen molar-refractivity contribution in [2.24, 2.45) is 5.73 Å². The van der Waals surface area contributed by atoms with Gasteiger partial charge in [-0.1, -0.05) is 12.1 Å². The van der Waals surface area contributed by atoms with Crippen LogP contribution in [0.4, 0.5) is 0 Å². The Bertz CT molecular complexity index is 444. The fraction of sp³-hybridized carbons (Fsp3) is 0.500. The van der Waals surface area contributed by atoms with Crippen LogP contribution in [0.15, 0.2) is 24.3 Å². The lowest BCUT2D eigenvalue weighted by atomic mass is 9.95. The van der Waals surface area contributed by atoms with Gasteiger partial charge in [0, 0.05) is 18.2 Å². The Kier molecular flexibility index (Phi) is 3.06. The minimum atomic E-state index is -0.379. The number of ether oxygens (including phenoxy) is 1. The van der Waals surface area contributed by atoms with Crippen molar-refractivity contribution in [1.29, 1.82) is 0 Å². The van der Waals surface area contributed by atoms with Crippen LogP contribution in [0.3, 0.4) is 0 Å². The first-order valence-electron chi connectivity index (χ1n) is 6.50. The minimum absolute atomic E-state index is 0.379. The molecule has 3 atom stereocenters. The van der Waals surface area contributed by atoms with Gasteiger partial charge in [0.25, 0.3) is 0 Å².